The van der Waals surface area contributed by atoms with Gasteiger partial charge in [0.05, 0.1) is 0 Å². The zero-order chi connectivity index (χ0) is 9.94. The van der Waals surface area contributed by atoms with E-state index >= 15 is 0 Å². The summed E-state index contributed by atoms with van der Waals surface area (Å²) >= 11 is 0. The summed E-state index contributed by atoms with van der Waals surface area (Å²) in [5.41, 5.74) is 10.0. The van der Waals surface area contributed by atoms with Crippen molar-refractivity contribution in [2.75, 3.05) is 6.54 Å². The van der Waals surface area contributed by atoms with Crippen LogP contribution in [0.1, 0.15) is 32.1 Å². The number of hydrazine groups is 1. The lowest BCUT2D eigenvalue weighted by molar-refractivity contribution is -0.121. The van der Waals surface area contributed by atoms with E-state index in [1.54, 1.807) is 0 Å². The summed E-state index contributed by atoms with van der Waals surface area (Å²) in [6, 6.07) is 0. The summed E-state index contributed by atoms with van der Waals surface area (Å²) in [4.78, 5) is 13.3. The van der Waals surface area contributed by atoms with Crippen LogP contribution in [0.2, 0.25) is 0 Å². The number of rotatable bonds is 7. The van der Waals surface area contributed by atoms with Crippen molar-refractivity contribution in [3.8, 4) is 0 Å². The lowest BCUT2D eigenvalue weighted by atomic mass is 10.1. The Morgan fingerprint density at radius 1 is 1.38 bits per heavy atom. The molecule has 0 aliphatic rings. The summed E-state index contributed by atoms with van der Waals surface area (Å²) in [6.45, 7) is 0.541. The van der Waals surface area contributed by atoms with Crippen LogP contribution in [0.5, 0.6) is 0 Å². The van der Waals surface area contributed by atoms with Crippen LogP contribution in [0.25, 0.3) is 10.4 Å². The fourth-order valence-corrected chi connectivity index (χ4v) is 0.939. The van der Waals surface area contributed by atoms with Gasteiger partial charge >= 0.3 is 0 Å². The van der Waals surface area contributed by atoms with Crippen molar-refractivity contribution < 1.29 is 4.79 Å². The van der Waals surface area contributed by atoms with Gasteiger partial charge in [0.2, 0.25) is 5.91 Å². The van der Waals surface area contributed by atoms with Gasteiger partial charge < -0.3 is 0 Å². The molecule has 0 saturated carbocycles. The van der Waals surface area contributed by atoms with Gasteiger partial charge in [-0.25, -0.2) is 5.84 Å². The van der Waals surface area contributed by atoms with Gasteiger partial charge in [0.15, 0.2) is 0 Å². The van der Waals surface area contributed by atoms with Crippen LogP contribution in [0, 0.1) is 0 Å². The van der Waals surface area contributed by atoms with E-state index in [2.05, 4.69) is 15.5 Å². The molecule has 0 aromatic carbocycles. The second kappa shape index (κ2) is 8.83. The first-order valence-electron chi connectivity index (χ1n) is 4.31. The molecule has 0 radical (unpaired) electrons. The number of hydrogen-bond acceptors (Lipinski definition) is 3. The Balaban J connectivity index is 3.08. The molecule has 0 aromatic rings. The Labute approximate surface area is 77.1 Å². The first-order chi connectivity index (χ1) is 6.31. The Morgan fingerprint density at radius 3 is 2.69 bits per heavy atom. The molecular formula is C7H15N5O. The Morgan fingerprint density at radius 2 is 2.08 bits per heavy atom. The Hall–Kier alpha value is -1.26. The van der Waals surface area contributed by atoms with Crippen LogP contribution in [-0.2, 0) is 4.79 Å². The second-order valence-electron chi connectivity index (χ2n) is 2.69. The zero-order valence-corrected chi connectivity index (χ0v) is 7.57. The zero-order valence-electron chi connectivity index (χ0n) is 7.57. The molecule has 0 aromatic heterocycles. The van der Waals surface area contributed by atoms with Gasteiger partial charge in [-0.2, -0.15) is 0 Å². The number of amides is 1. The summed E-state index contributed by atoms with van der Waals surface area (Å²) < 4.78 is 0. The Bertz CT molecular complexity index is 187. The van der Waals surface area contributed by atoms with Gasteiger partial charge in [-0.3, -0.25) is 10.2 Å². The van der Waals surface area contributed by atoms with Crippen LogP contribution in [-0.4, -0.2) is 12.5 Å². The number of nitrogens with two attached hydrogens (primary N) is 1. The molecule has 0 aliphatic heterocycles. The third kappa shape index (κ3) is 8.65. The van der Waals surface area contributed by atoms with Crippen molar-refractivity contribution in [2.45, 2.75) is 32.1 Å². The lowest BCUT2D eigenvalue weighted by Gasteiger charge is -1.98. The highest BCUT2D eigenvalue weighted by Crippen LogP contribution is 2.02. The van der Waals surface area contributed by atoms with Crippen LogP contribution in [0.3, 0.4) is 0 Å². The van der Waals surface area contributed by atoms with E-state index in [1.165, 1.54) is 0 Å². The predicted octanol–water partition coefficient (Wildman–Crippen LogP) is 1.24. The minimum atomic E-state index is -0.130. The van der Waals surface area contributed by atoms with E-state index in [0.29, 0.717) is 13.0 Å². The van der Waals surface area contributed by atoms with Crippen molar-refractivity contribution in [2.24, 2.45) is 11.0 Å². The standard InChI is InChI=1S/C7H15N5O/c8-11-7(13)5-3-1-2-4-6-10-12-9/h1-6,8H2,(H,11,13). The normalized spacial score (nSPS) is 9.00. The van der Waals surface area contributed by atoms with Crippen molar-refractivity contribution in [1.82, 2.24) is 5.43 Å². The summed E-state index contributed by atoms with van der Waals surface area (Å²) in [5.74, 6) is 4.77. The van der Waals surface area contributed by atoms with Crippen molar-refractivity contribution in [1.29, 1.82) is 0 Å². The Kier molecular flexibility index (Phi) is 7.98. The number of unbranched alkanes of at least 4 members (excludes halogenated alkanes) is 3. The average Bonchev–Trinajstić information content (AvgIpc) is 2.16. The van der Waals surface area contributed by atoms with Gasteiger partial charge in [-0.15, -0.1) is 0 Å². The van der Waals surface area contributed by atoms with E-state index in [1.807, 2.05) is 0 Å². The van der Waals surface area contributed by atoms with E-state index in [0.717, 1.165) is 25.7 Å². The minimum Gasteiger partial charge on any atom is -0.294 e. The molecular weight excluding hydrogens is 170 g/mol. The maximum atomic E-state index is 10.6. The fourth-order valence-electron chi connectivity index (χ4n) is 0.939. The SMILES string of the molecule is [N-]=[N+]=NCCCCCCC(=O)NN. The first kappa shape index (κ1) is 11.7. The molecule has 6 nitrogen and oxygen atoms in total. The summed E-state index contributed by atoms with van der Waals surface area (Å²) in [5, 5.41) is 3.40. The molecule has 0 atom stereocenters. The van der Waals surface area contributed by atoms with Crippen LogP contribution in [0.15, 0.2) is 5.11 Å². The van der Waals surface area contributed by atoms with Crippen LogP contribution >= 0.6 is 0 Å². The lowest BCUT2D eigenvalue weighted by Crippen LogP contribution is -2.29. The topological polar surface area (TPSA) is 104 Å². The average molecular weight is 185 g/mol. The van der Waals surface area contributed by atoms with Gasteiger partial charge in [-0.05, 0) is 18.4 Å². The molecule has 74 valence electrons. The van der Waals surface area contributed by atoms with E-state index in [-0.39, 0.29) is 5.91 Å². The third-order valence-electron chi connectivity index (χ3n) is 1.64. The highest BCUT2D eigenvalue weighted by Gasteiger charge is 1.96. The molecule has 0 fully saturated rings. The number of nitrogens with one attached hydrogen (secondary N) is 1. The first-order valence-corrected chi connectivity index (χ1v) is 4.31. The minimum absolute atomic E-state index is 0.130. The number of hydrogen-bond donors (Lipinski definition) is 2. The maximum absolute atomic E-state index is 10.6. The largest absolute Gasteiger partial charge is 0.294 e. The molecule has 0 unspecified atom stereocenters. The number of carbonyl (C=O) groups excluding carboxylic acids is 1. The molecule has 3 N–H and O–H groups in total. The monoisotopic (exact) mass is 185 g/mol. The molecule has 6 heteroatoms. The van der Waals surface area contributed by atoms with Gasteiger partial charge in [0, 0.05) is 17.9 Å². The molecule has 13 heavy (non-hydrogen) atoms. The molecule has 0 spiro atoms. The van der Waals surface area contributed by atoms with Crippen LogP contribution < -0.4 is 11.3 Å². The van der Waals surface area contributed by atoms with Gasteiger partial charge in [-0.1, -0.05) is 18.0 Å². The van der Waals surface area contributed by atoms with Gasteiger partial charge in [0.1, 0.15) is 0 Å². The summed E-state index contributed by atoms with van der Waals surface area (Å²) in [7, 11) is 0. The quantitative estimate of drug-likeness (QED) is 0.118. The number of carbonyl (C=O) groups is 1. The summed E-state index contributed by atoms with van der Waals surface area (Å²) in [6.07, 6.45) is 4.14. The van der Waals surface area contributed by atoms with E-state index < -0.39 is 0 Å². The molecule has 0 saturated heterocycles. The molecule has 0 heterocycles. The van der Waals surface area contributed by atoms with E-state index in [9.17, 15) is 4.79 Å². The fraction of sp³-hybridized carbons (Fsp3) is 0.857. The van der Waals surface area contributed by atoms with Crippen molar-refractivity contribution >= 4 is 5.91 Å². The molecule has 0 aliphatic carbocycles. The molecule has 0 rings (SSSR count). The maximum Gasteiger partial charge on any atom is 0.233 e. The highest BCUT2D eigenvalue weighted by atomic mass is 16.2. The number of azide groups is 1. The van der Waals surface area contributed by atoms with Crippen molar-refractivity contribution in [3.63, 3.8) is 0 Å². The second-order valence-corrected chi connectivity index (χ2v) is 2.69. The highest BCUT2D eigenvalue weighted by molar-refractivity contribution is 5.74. The smallest absolute Gasteiger partial charge is 0.233 e. The third-order valence-corrected chi connectivity index (χ3v) is 1.64. The molecule has 1 amide bonds. The van der Waals surface area contributed by atoms with Gasteiger partial charge in [0.25, 0.3) is 0 Å². The van der Waals surface area contributed by atoms with E-state index in [4.69, 9.17) is 11.4 Å². The predicted molar refractivity (Wildman–Crippen MR) is 49.4 cm³/mol. The molecule has 0 bridgehead atoms. The number of nitrogens with zero attached hydrogens (tertiary/aromatic N) is 3. The van der Waals surface area contributed by atoms with Crippen LogP contribution in [0.4, 0.5) is 0 Å². The van der Waals surface area contributed by atoms with Crippen molar-refractivity contribution in [3.05, 3.63) is 10.4 Å².